The monoisotopic (exact) mass is 1080 g/mol. The Morgan fingerprint density at radius 3 is 2.32 bits per heavy atom. The molecule has 6 heterocycles. The second kappa shape index (κ2) is 18.6. The van der Waals surface area contributed by atoms with Gasteiger partial charge >= 0.3 is 35.9 Å². The van der Waals surface area contributed by atoms with Gasteiger partial charge in [0, 0.05) is 91.6 Å². The van der Waals surface area contributed by atoms with Gasteiger partial charge in [0.25, 0.3) is 0 Å². The van der Waals surface area contributed by atoms with Crippen molar-refractivity contribution in [2.45, 2.75) is 197 Å². The summed E-state index contributed by atoms with van der Waals surface area (Å²) in [5, 5.41) is 43.2. The minimum absolute atomic E-state index is 0.105. The molecule has 0 radical (unpaired) electrons. The number of carbonyl (C=O) groups excluding carboxylic acids is 8. The summed E-state index contributed by atoms with van der Waals surface area (Å²) in [6.07, 6.45) is -3.41. The number of carbonyl (C=O) groups is 8. The summed E-state index contributed by atoms with van der Waals surface area (Å²) in [6.45, 7) is 12.6. The van der Waals surface area contributed by atoms with E-state index in [2.05, 4.69) is 26.3 Å². The van der Waals surface area contributed by atoms with E-state index in [1.807, 2.05) is 18.7 Å². The summed E-state index contributed by atoms with van der Waals surface area (Å²) >= 11 is 1.84. The van der Waals surface area contributed by atoms with Crippen LogP contribution in [-0.4, -0.2) is 156 Å². The molecule has 23 nitrogen and oxygen atoms in total. The maximum atomic E-state index is 15.6. The van der Waals surface area contributed by atoms with Gasteiger partial charge in [-0.15, -0.1) is 5.10 Å². The fourth-order valence-corrected chi connectivity index (χ4v) is 18.4. The summed E-state index contributed by atoms with van der Waals surface area (Å²) in [7, 11) is 0. The lowest BCUT2D eigenvalue weighted by molar-refractivity contribution is -0.274. The first kappa shape index (κ1) is 53.1. The van der Waals surface area contributed by atoms with Gasteiger partial charge in [-0.3, -0.25) is 33.4 Å². The number of aryl methyl sites for hydroxylation is 1. The zero-order valence-electron chi connectivity index (χ0n) is 44.0. The molecule has 5 saturated heterocycles. The van der Waals surface area contributed by atoms with Crippen molar-refractivity contribution in [3.05, 3.63) is 11.9 Å². The summed E-state index contributed by atoms with van der Waals surface area (Å²) in [5.74, 6) is -11.9. The van der Waals surface area contributed by atoms with Crippen LogP contribution in [0.25, 0.3) is 0 Å². The van der Waals surface area contributed by atoms with E-state index in [0.29, 0.717) is 43.2 Å². The smallest absolute Gasteiger partial charge is 0.341 e. The Bertz CT molecular complexity index is 2620. The van der Waals surface area contributed by atoms with Crippen molar-refractivity contribution in [3.63, 3.8) is 0 Å². The number of unbranched alkanes of at least 4 members (excludes halogenated alkanes) is 2. The number of hydrogen-bond donors (Lipinski definition) is 5. The third-order valence-electron chi connectivity index (χ3n) is 20.1. The number of epoxide rings is 2. The van der Waals surface area contributed by atoms with E-state index < -0.39 is 154 Å². The Hall–Kier alpha value is -4.91. The summed E-state index contributed by atoms with van der Waals surface area (Å²) in [6, 6.07) is 0.171. The lowest BCUT2D eigenvalue weighted by Crippen LogP contribution is -2.75. The van der Waals surface area contributed by atoms with E-state index >= 15 is 4.79 Å². The molecule has 5 aliphatic heterocycles. The van der Waals surface area contributed by atoms with Crippen molar-refractivity contribution in [1.82, 2.24) is 30.9 Å². The number of fused-ring (bicyclic) bond motifs is 10. The van der Waals surface area contributed by atoms with Gasteiger partial charge in [0.2, 0.25) is 11.7 Å². The molecule has 76 heavy (non-hydrogen) atoms. The molecule has 1 aromatic heterocycles. The van der Waals surface area contributed by atoms with Crippen LogP contribution >= 0.6 is 11.8 Å². The molecule has 10 fully saturated rings. The highest BCUT2D eigenvalue weighted by Crippen LogP contribution is 2.81. The number of esters is 5. The SMILES string of the molecule is CC(=O)O[C@H]1[C@H]2[C@H]([C@@H]3[C@@H](O)[C@@H]4[C@H]([C@H](C)[C@H]5O[C@]56OC(=O)[C@@](C)(O)[C@]46C)[C@@]3(C)[C@H]1OC(C)=O)[C@@H](OC(=O)CCCCn1cc(CNC(=O)CCCC[C@@H]3SC[C@@H]4NC(=O)N[C@@H]43)nn1)C(=O)[C@H]1C[C@@H]3O[C@@H]3[C@H](OC(C)=O)[C@]21C. The molecule has 5 saturated carbocycles. The molecule has 1 spiro atoms. The number of aliphatic hydroxyl groups is 2. The quantitative estimate of drug-likeness (QED) is 0.0514. The first-order chi connectivity index (χ1) is 35.9. The van der Waals surface area contributed by atoms with Crippen LogP contribution in [0.15, 0.2) is 6.20 Å². The molecular formula is C52H70N6O17S. The fraction of sp³-hybridized carbons (Fsp3) is 0.808. The normalized spacial score (nSPS) is 46.4. The predicted octanol–water partition coefficient (Wildman–Crippen LogP) is 1.41. The largest absolute Gasteiger partial charge is 0.459 e. The van der Waals surface area contributed by atoms with Crippen molar-refractivity contribution in [1.29, 1.82) is 0 Å². The molecule has 5 aliphatic carbocycles. The van der Waals surface area contributed by atoms with Crippen LogP contribution in [0, 0.1) is 57.7 Å². The molecule has 0 aromatic carbocycles. The van der Waals surface area contributed by atoms with Crippen LogP contribution in [0.2, 0.25) is 0 Å². The van der Waals surface area contributed by atoms with Crippen molar-refractivity contribution < 1.29 is 81.7 Å². The van der Waals surface area contributed by atoms with Crippen LogP contribution in [0.1, 0.15) is 112 Å². The maximum Gasteiger partial charge on any atom is 0.341 e. The third kappa shape index (κ3) is 7.84. The second-order valence-corrected chi connectivity index (χ2v) is 25.4. The van der Waals surface area contributed by atoms with E-state index in [0.717, 1.165) is 18.6 Å². The van der Waals surface area contributed by atoms with E-state index in [9.17, 15) is 43.8 Å². The standard InChI is InChI=1S/C52H70N6O17S/c1-21-33-36(50(7)51(8,68)46(66)75-52(50)43(21)74-52)39(65)34-32-35(42(69-22(2)59)45(49(33,34)6)71-24(4)61)48(5)26(17-28-40(72-28)44(48)70-23(3)60)38(64)41(32)73-31(63)15-11-12-16-58-19-25(56-57-58)18-53-30(62)14-10-9-13-29-37-27(20-76-29)54-47(67)55-37/h19,21,26-29,32-37,39-45,65,68H,9-18,20H2,1-8H3,(H,53,62)(H2,54,55,67)/t21-,26+,27-,28-,29-,32-,33-,34+,35+,36-,37-,39+,40-,41+,42-,43+,44-,45-,48-,49+,50-,51+,52-/m0/s1. The second-order valence-electron chi connectivity index (χ2n) is 24.1. The first-order valence-corrected chi connectivity index (χ1v) is 28.0. The molecule has 1 aromatic rings. The molecule has 416 valence electrons. The van der Waals surface area contributed by atoms with Gasteiger partial charge in [0.05, 0.1) is 42.4 Å². The topological polar surface area (TPSA) is 315 Å². The number of rotatable bonds is 16. The van der Waals surface area contributed by atoms with E-state index in [1.165, 1.54) is 27.7 Å². The highest BCUT2D eigenvalue weighted by atomic mass is 32.2. The van der Waals surface area contributed by atoms with Gasteiger partial charge in [0.1, 0.15) is 36.2 Å². The number of nitrogens with zero attached hydrogens (tertiary/aromatic N) is 3. The predicted molar refractivity (Wildman–Crippen MR) is 259 cm³/mol. The third-order valence-corrected chi connectivity index (χ3v) is 21.6. The minimum atomic E-state index is -2.20. The molecule has 3 amide bonds. The number of urea groups is 1. The van der Waals surface area contributed by atoms with Gasteiger partial charge in [-0.2, -0.15) is 11.8 Å². The Balaban J connectivity index is 0.828. The molecule has 0 bridgehead atoms. The van der Waals surface area contributed by atoms with Gasteiger partial charge in [0.15, 0.2) is 17.5 Å². The first-order valence-electron chi connectivity index (χ1n) is 27.0. The van der Waals surface area contributed by atoms with Crippen molar-refractivity contribution >= 4 is 59.3 Å². The molecular weight excluding hydrogens is 1010 g/mol. The van der Waals surface area contributed by atoms with Crippen LogP contribution in [-0.2, 0) is 79.8 Å². The number of Topliss-reactive ketones (excluding diaryl/α,β-unsaturated/α-hetero) is 1. The van der Waals surface area contributed by atoms with Crippen LogP contribution in [0.5, 0.6) is 0 Å². The number of aliphatic hydroxyl groups excluding tert-OH is 1. The average Bonchev–Trinajstić information content (AvgIpc) is 2.56. The Morgan fingerprint density at radius 2 is 1.59 bits per heavy atom. The van der Waals surface area contributed by atoms with Gasteiger partial charge in [-0.05, 0) is 57.8 Å². The van der Waals surface area contributed by atoms with E-state index in [1.54, 1.807) is 31.6 Å². The number of thioether (sulfide) groups is 1. The van der Waals surface area contributed by atoms with Crippen molar-refractivity contribution in [2.75, 3.05) is 5.75 Å². The molecule has 24 heteroatoms. The summed E-state index contributed by atoms with van der Waals surface area (Å²) < 4.78 is 45.2. The Kier molecular flexibility index (Phi) is 13.0. The number of ether oxygens (including phenoxy) is 7. The zero-order chi connectivity index (χ0) is 54.3. The minimum Gasteiger partial charge on any atom is -0.459 e. The number of amides is 3. The number of aromatic nitrogens is 3. The average molecular weight is 1080 g/mol. The number of ketones is 1. The van der Waals surface area contributed by atoms with Crippen LogP contribution in [0.4, 0.5) is 4.79 Å². The maximum absolute atomic E-state index is 15.6. The van der Waals surface area contributed by atoms with Gasteiger partial charge in [-0.25, -0.2) is 9.59 Å². The number of nitrogens with one attached hydrogen (secondary N) is 3. The van der Waals surface area contributed by atoms with E-state index in [4.69, 9.17) is 33.2 Å². The van der Waals surface area contributed by atoms with Crippen LogP contribution < -0.4 is 16.0 Å². The highest BCUT2D eigenvalue weighted by Gasteiger charge is 2.93. The lowest BCUT2D eigenvalue weighted by atomic mass is 9.41. The molecule has 23 atom stereocenters. The van der Waals surface area contributed by atoms with Crippen LogP contribution in [0.3, 0.4) is 0 Å². The summed E-state index contributed by atoms with van der Waals surface area (Å²) in [4.78, 5) is 108. The fourth-order valence-electron chi connectivity index (χ4n) is 16.8. The van der Waals surface area contributed by atoms with Gasteiger partial charge in [-0.1, -0.05) is 32.4 Å². The Morgan fingerprint density at radius 1 is 0.882 bits per heavy atom. The summed E-state index contributed by atoms with van der Waals surface area (Å²) in [5.41, 5.74) is -6.12. The molecule has 5 N–H and O–H groups in total. The highest BCUT2D eigenvalue weighted by molar-refractivity contribution is 8.00. The van der Waals surface area contributed by atoms with Gasteiger partial charge < -0.3 is 59.3 Å². The number of hydrogen-bond acceptors (Lipinski definition) is 20. The lowest BCUT2D eigenvalue weighted by Gasteiger charge is -2.65. The van der Waals surface area contributed by atoms with Crippen molar-refractivity contribution in [2.24, 2.45) is 57.7 Å². The van der Waals surface area contributed by atoms with Crippen molar-refractivity contribution in [3.8, 4) is 0 Å². The molecule has 11 rings (SSSR count). The zero-order valence-corrected chi connectivity index (χ0v) is 44.8. The molecule has 0 unspecified atom stereocenters. The molecule has 10 aliphatic rings. The van der Waals surface area contributed by atoms with E-state index in [-0.39, 0.29) is 43.4 Å². The Labute approximate surface area is 443 Å².